The van der Waals surface area contributed by atoms with Gasteiger partial charge < -0.3 is 28.5 Å². The SMILES string of the molecule is CC/C=C\C/C=C\C/C=C\C/C=C\C/C=C\C/C=C\C/C=C\C/C=C\CCCCCCCCCCCCC(=O)OC(COC(=O)CCCCCCCC/C=C\C/C=C\C/C=C\CCCCC)COC(OCC[N+](C)(C)C)C(=O)O. The Morgan fingerprint density at radius 1 is 0.392 bits per heavy atom. The minimum Gasteiger partial charge on any atom is -0.477 e. The molecule has 0 aromatic heterocycles. The highest BCUT2D eigenvalue weighted by Gasteiger charge is 2.25. The van der Waals surface area contributed by atoms with E-state index < -0.39 is 24.3 Å². The van der Waals surface area contributed by atoms with Gasteiger partial charge in [-0.25, -0.2) is 4.79 Å². The molecule has 0 saturated heterocycles. The second-order valence-corrected chi connectivity index (χ2v) is 21.6. The van der Waals surface area contributed by atoms with Crippen molar-refractivity contribution in [2.75, 3.05) is 47.5 Å². The average molecular weight is 1100 g/mol. The van der Waals surface area contributed by atoms with Crippen LogP contribution < -0.4 is 0 Å². The second-order valence-electron chi connectivity index (χ2n) is 21.6. The molecular formula is C70H116NO8+. The van der Waals surface area contributed by atoms with E-state index in [1.54, 1.807) is 0 Å². The Bertz CT molecular complexity index is 1750. The van der Waals surface area contributed by atoms with Crippen molar-refractivity contribution in [3.8, 4) is 0 Å². The normalized spacial score (nSPS) is 13.7. The summed E-state index contributed by atoms with van der Waals surface area (Å²) in [6, 6.07) is 0. The highest BCUT2D eigenvalue weighted by Crippen LogP contribution is 2.15. The number of rotatable bonds is 56. The third-order valence-corrected chi connectivity index (χ3v) is 12.9. The standard InChI is InChI=1S/C70H115NO8/c1-6-8-10-12-14-16-18-20-22-24-26-27-28-29-30-31-32-33-34-35-36-37-38-39-40-41-43-45-47-49-51-53-55-57-59-61-68(73)79-66(65-78-70(69(74)75)76-63-62-71(3,4)5)64-77-67(72)60-58-56-54-52-50-48-46-44-42-25-23-21-19-17-15-13-11-9-7-2/h8,10,14-17,20-23,26-27,29-30,32-33,35-36,38-39,42,44,66,70H,6-7,9,11-13,18-19,24-25,28,31,34,37,40-41,43,45-65H2,1-5H3/p+1/b10-8-,16-14-,17-15-,22-20-,23-21-,27-26-,30-29-,33-32-,36-35-,39-38-,44-42-. The summed E-state index contributed by atoms with van der Waals surface area (Å²) in [4.78, 5) is 37.5. The van der Waals surface area contributed by atoms with E-state index in [1.165, 1.54) is 77.0 Å². The molecule has 0 bridgehead atoms. The zero-order valence-corrected chi connectivity index (χ0v) is 51.0. The molecule has 0 aromatic carbocycles. The summed E-state index contributed by atoms with van der Waals surface area (Å²) < 4.78 is 22.9. The zero-order valence-electron chi connectivity index (χ0n) is 51.0. The van der Waals surface area contributed by atoms with E-state index in [0.717, 1.165) is 122 Å². The Labute approximate surface area is 484 Å². The van der Waals surface area contributed by atoms with Gasteiger partial charge in [0.1, 0.15) is 13.2 Å². The molecule has 79 heavy (non-hydrogen) atoms. The van der Waals surface area contributed by atoms with Crippen molar-refractivity contribution in [3.63, 3.8) is 0 Å². The number of unbranched alkanes of at least 4 members (excludes halogenated alkanes) is 19. The first-order chi connectivity index (χ1) is 38.6. The van der Waals surface area contributed by atoms with Crippen LogP contribution in [0.15, 0.2) is 134 Å². The van der Waals surface area contributed by atoms with Crippen LogP contribution in [-0.2, 0) is 33.3 Å². The fourth-order valence-corrected chi connectivity index (χ4v) is 8.09. The fourth-order valence-electron chi connectivity index (χ4n) is 8.09. The monoisotopic (exact) mass is 1100 g/mol. The van der Waals surface area contributed by atoms with Gasteiger partial charge in [-0.15, -0.1) is 0 Å². The molecule has 2 atom stereocenters. The number of hydrogen-bond donors (Lipinski definition) is 1. The molecule has 0 spiro atoms. The van der Waals surface area contributed by atoms with Gasteiger partial charge in [0.15, 0.2) is 6.10 Å². The molecule has 1 N–H and O–H groups in total. The van der Waals surface area contributed by atoms with E-state index in [-0.39, 0.29) is 38.6 Å². The van der Waals surface area contributed by atoms with Crippen LogP contribution in [0, 0.1) is 0 Å². The Balaban J connectivity index is 4.23. The molecule has 448 valence electrons. The number of hydrogen-bond acceptors (Lipinski definition) is 7. The van der Waals surface area contributed by atoms with Crippen molar-refractivity contribution in [1.82, 2.24) is 0 Å². The summed E-state index contributed by atoms with van der Waals surface area (Å²) in [5.41, 5.74) is 0. The largest absolute Gasteiger partial charge is 0.477 e. The van der Waals surface area contributed by atoms with E-state index in [2.05, 4.69) is 148 Å². The number of carbonyl (C=O) groups excluding carboxylic acids is 2. The molecule has 0 rings (SSSR count). The van der Waals surface area contributed by atoms with E-state index >= 15 is 0 Å². The number of quaternary nitrogens is 1. The van der Waals surface area contributed by atoms with Crippen LogP contribution in [0.5, 0.6) is 0 Å². The van der Waals surface area contributed by atoms with Crippen LogP contribution in [0.1, 0.15) is 232 Å². The first kappa shape index (κ1) is 74.4. The van der Waals surface area contributed by atoms with Gasteiger partial charge in [-0.05, 0) is 116 Å². The summed E-state index contributed by atoms with van der Waals surface area (Å²) in [6.45, 7) is 4.70. The van der Waals surface area contributed by atoms with E-state index in [4.69, 9.17) is 18.9 Å². The topological polar surface area (TPSA) is 108 Å². The van der Waals surface area contributed by atoms with Crippen LogP contribution in [0.25, 0.3) is 0 Å². The maximum atomic E-state index is 12.9. The third kappa shape index (κ3) is 60.9. The van der Waals surface area contributed by atoms with Gasteiger partial charge in [0.05, 0.1) is 34.4 Å². The van der Waals surface area contributed by atoms with E-state index in [0.29, 0.717) is 17.4 Å². The fraction of sp³-hybridized carbons (Fsp3) is 0.643. The first-order valence-electron chi connectivity index (χ1n) is 31.3. The quantitative estimate of drug-likeness (QED) is 0.0211. The average Bonchev–Trinajstić information content (AvgIpc) is 3.42. The van der Waals surface area contributed by atoms with Gasteiger partial charge in [0.25, 0.3) is 6.29 Å². The molecule has 0 aliphatic carbocycles. The minimum absolute atomic E-state index is 0.178. The zero-order chi connectivity index (χ0) is 57.6. The van der Waals surface area contributed by atoms with Crippen molar-refractivity contribution in [1.29, 1.82) is 0 Å². The highest BCUT2D eigenvalue weighted by molar-refractivity contribution is 5.71. The Kier molecular flexibility index (Phi) is 56.1. The number of likely N-dealkylation sites (N-methyl/N-ethyl adjacent to an activating group) is 1. The van der Waals surface area contributed by atoms with Crippen molar-refractivity contribution in [3.05, 3.63) is 134 Å². The van der Waals surface area contributed by atoms with Crippen molar-refractivity contribution in [2.24, 2.45) is 0 Å². The smallest absolute Gasteiger partial charge is 0.361 e. The molecular weight excluding hydrogens is 983 g/mol. The summed E-state index contributed by atoms with van der Waals surface area (Å²) in [5.74, 6) is -2.04. The third-order valence-electron chi connectivity index (χ3n) is 12.9. The molecule has 2 unspecified atom stereocenters. The van der Waals surface area contributed by atoms with Crippen molar-refractivity contribution < 1.29 is 42.9 Å². The van der Waals surface area contributed by atoms with Gasteiger partial charge in [-0.1, -0.05) is 237 Å². The highest BCUT2D eigenvalue weighted by atomic mass is 16.7. The molecule has 0 aliphatic rings. The van der Waals surface area contributed by atoms with Crippen LogP contribution in [0.2, 0.25) is 0 Å². The summed E-state index contributed by atoms with van der Waals surface area (Å²) >= 11 is 0. The van der Waals surface area contributed by atoms with Crippen LogP contribution in [0.4, 0.5) is 0 Å². The Morgan fingerprint density at radius 2 is 0.722 bits per heavy atom. The first-order valence-corrected chi connectivity index (χ1v) is 31.3. The number of allylic oxidation sites excluding steroid dienone is 22. The minimum atomic E-state index is -1.52. The molecule has 0 aromatic rings. The molecule has 0 heterocycles. The predicted molar refractivity (Wildman–Crippen MR) is 336 cm³/mol. The number of ether oxygens (including phenoxy) is 4. The predicted octanol–water partition coefficient (Wildman–Crippen LogP) is 19.0. The summed E-state index contributed by atoms with van der Waals surface area (Å²) in [5, 5.41) is 9.72. The lowest BCUT2D eigenvalue weighted by Crippen LogP contribution is -2.40. The molecule has 0 fully saturated rings. The van der Waals surface area contributed by atoms with Gasteiger partial charge in [0.2, 0.25) is 0 Å². The molecule has 9 nitrogen and oxygen atoms in total. The molecule has 0 saturated carbocycles. The van der Waals surface area contributed by atoms with Crippen molar-refractivity contribution >= 4 is 17.9 Å². The number of carboxylic acid groups (broad SMARTS) is 1. The van der Waals surface area contributed by atoms with E-state index in [9.17, 15) is 19.5 Å². The number of nitrogens with zero attached hydrogens (tertiary/aromatic N) is 1. The van der Waals surface area contributed by atoms with E-state index in [1.807, 2.05) is 21.1 Å². The molecule has 0 amide bonds. The molecule has 0 radical (unpaired) electrons. The second kappa shape index (κ2) is 59.5. The number of carbonyl (C=O) groups is 3. The lowest BCUT2D eigenvalue weighted by Gasteiger charge is -2.25. The van der Waals surface area contributed by atoms with Gasteiger partial charge >= 0.3 is 17.9 Å². The van der Waals surface area contributed by atoms with Gasteiger partial charge in [-0.2, -0.15) is 0 Å². The number of carboxylic acids is 1. The summed E-state index contributed by atoms with van der Waals surface area (Å²) in [6.07, 6.45) is 82.5. The van der Waals surface area contributed by atoms with Gasteiger partial charge in [0, 0.05) is 12.8 Å². The maximum Gasteiger partial charge on any atom is 0.361 e. The van der Waals surface area contributed by atoms with Crippen molar-refractivity contribution in [2.45, 2.75) is 245 Å². The Hall–Kier alpha value is -4.57. The number of aliphatic carboxylic acids is 1. The number of esters is 2. The van der Waals surface area contributed by atoms with Gasteiger partial charge in [-0.3, -0.25) is 9.59 Å². The maximum absolute atomic E-state index is 12.9. The molecule has 0 aliphatic heterocycles. The molecule has 9 heteroatoms. The van der Waals surface area contributed by atoms with Crippen LogP contribution in [-0.4, -0.2) is 87.4 Å². The Morgan fingerprint density at radius 3 is 1.08 bits per heavy atom. The lowest BCUT2D eigenvalue weighted by atomic mass is 10.0. The van der Waals surface area contributed by atoms with Crippen LogP contribution in [0.3, 0.4) is 0 Å². The lowest BCUT2D eigenvalue weighted by molar-refractivity contribution is -0.870. The summed E-state index contributed by atoms with van der Waals surface area (Å²) in [7, 11) is 5.96. The van der Waals surface area contributed by atoms with Crippen LogP contribution >= 0.6 is 0 Å².